The van der Waals surface area contributed by atoms with Gasteiger partial charge < -0.3 is 17.3 Å². The van der Waals surface area contributed by atoms with E-state index in [0.29, 0.717) is 0 Å². The van der Waals surface area contributed by atoms with Gasteiger partial charge in [-0.2, -0.15) is 0 Å². The monoisotopic (exact) mass is 220 g/mol. The largest absolute Gasteiger partial charge is 1.00 e. The molecule has 1 heterocycles. The highest BCUT2D eigenvalue weighted by atomic mass is 35.5. The molecule has 0 saturated carbocycles. The van der Waals surface area contributed by atoms with Gasteiger partial charge in [-0.15, -0.1) is 0 Å². The number of likely N-dealkylation sites (N-methyl/N-ethyl adjacent to an activating group) is 1. The van der Waals surface area contributed by atoms with Crippen LogP contribution in [0.25, 0.3) is 0 Å². The molecular formula is C10H23ClN3-. The molecule has 0 atom stereocenters. The molecule has 3 nitrogen and oxygen atoms in total. The van der Waals surface area contributed by atoms with Crippen molar-refractivity contribution in [3.05, 3.63) is 0 Å². The number of hydrogen-bond acceptors (Lipinski definition) is 3. The second kappa shape index (κ2) is 7.46. The fourth-order valence-corrected chi connectivity index (χ4v) is 1.96. The Balaban J connectivity index is 0.00000169. The second-order valence-electron chi connectivity index (χ2n) is 3.53. The van der Waals surface area contributed by atoms with Crippen LogP contribution in [0.1, 0.15) is 20.8 Å². The first kappa shape index (κ1) is 14.2. The molecular weight excluding hydrogens is 198 g/mol. The van der Waals surface area contributed by atoms with Crippen molar-refractivity contribution >= 4 is 0 Å². The van der Waals surface area contributed by atoms with Gasteiger partial charge in [-0.25, -0.2) is 10.0 Å². The lowest BCUT2D eigenvalue weighted by Crippen LogP contribution is -3.00. The number of rotatable bonds is 4. The van der Waals surface area contributed by atoms with Crippen LogP contribution in [0.4, 0.5) is 0 Å². The van der Waals surface area contributed by atoms with Gasteiger partial charge in [0.05, 0.1) is 0 Å². The molecule has 0 N–H and O–H groups in total. The van der Waals surface area contributed by atoms with Gasteiger partial charge >= 0.3 is 0 Å². The van der Waals surface area contributed by atoms with Crippen LogP contribution in [-0.4, -0.2) is 60.7 Å². The van der Waals surface area contributed by atoms with Crippen LogP contribution in [0.5, 0.6) is 0 Å². The zero-order valence-corrected chi connectivity index (χ0v) is 10.4. The van der Waals surface area contributed by atoms with E-state index in [-0.39, 0.29) is 12.4 Å². The lowest BCUT2D eigenvalue weighted by molar-refractivity contribution is -0.0494. The third kappa shape index (κ3) is 3.73. The van der Waals surface area contributed by atoms with Gasteiger partial charge in [0, 0.05) is 39.3 Å². The molecule has 4 heteroatoms. The third-order valence-corrected chi connectivity index (χ3v) is 2.93. The number of piperazine rings is 1. The summed E-state index contributed by atoms with van der Waals surface area (Å²) < 4.78 is 0. The lowest BCUT2D eigenvalue weighted by Gasteiger charge is -2.40. The van der Waals surface area contributed by atoms with E-state index in [1.807, 2.05) is 0 Å². The molecule has 0 aliphatic carbocycles. The highest BCUT2D eigenvalue weighted by Gasteiger charge is 2.18. The van der Waals surface area contributed by atoms with Gasteiger partial charge in [0.15, 0.2) is 0 Å². The molecule has 1 rings (SSSR count). The number of halogens is 1. The first-order chi connectivity index (χ1) is 6.31. The highest BCUT2D eigenvalue weighted by molar-refractivity contribution is 4.69. The van der Waals surface area contributed by atoms with E-state index in [1.54, 1.807) is 0 Å². The Morgan fingerprint density at radius 1 is 0.929 bits per heavy atom. The molecule has 1 fully saturated rings. The highest BCUT2D eigenvalue weighted by Crippen LogP contribution is 2.04. The summed E-state index contributed by atoms with van der Waals surface area (Å²) in [5.74, 6) is 0. The van der Waals surface area contributed by atoms with E-state index < -0.39 is 0 Å². The molecule has 0 bridgehead atoms. The molecule has 1 saturated heterocycles. The number of nitrogens with zero attached hydrogens (tertiary/aromatic N) is 3. The summed E-state index contributed by atoms with van der Waals surface area (Å²) in [5.41, 5.74) is 0. The van der Waals surface area contributed by atoms with E-state index in [0.717, 1.165) is 13.1 Å². The van der Waals surface area contributed by atoms with Crippen molar-refractivity contribution in [2.24, 2.45) is 0 Å². The van der Waals surface area contributed by atoms with Crippen molar-refractivity contribution in [1.82, 2.24) is 14.9 Å². The van der Waals surface area contributed by atoms with Crippen molar-refractivity contribution in [3.8, 4) is 0 Å². The van der Waals surface area contributed by atoms with Crippen LogP contribution in [0, 0.1) is 0 Å². The Morgan fingerprint density at radius 3 is 1.79 bits per heavy atom. The maximum Gasteiger partial charge on any atom is 0.0261 e. The molecule has 0 amide bonds. The predicted molar refractivity (Wildman–Crippen MR) is 56.6 cm³/mol. The van der Waals surface area contributed by atoms with E-state index in [9.17, 15) is 0 Å². The number of hydrazine groups is 1. The minimum atomic E-state index is 0. The Morgan fingerprint density at radius 2 is 1.43 bits per heavy atom. The van der Waals surface area contributed by atoms with Gasteiger partial charge in [-0.05, 0) is 6.54 Å². The summed E-state index contributed by atoms with van der Waals surface area (Å²) in [6, 6.07) is 0. The van der Waals surface area contributed by atoms with Gasteiger partial charge in [-0.3, -0.25) is 0 Å². The summed E-state index contributed by atoms with van der Waals surface area (Å²) in [6.45, 7) is 15.1. The summed E-state index contributed by atoms with van der Waals surface area (Å²) in [5, 5.41) is 4.93. The zero-order chi connectivity index (χ0) is 9.68. The van der Waals surface area contributed by atoms with Crippen LogP contribution in [0.2, 0.25) is 0 Å². The predicted octanol–water partition coefficient (Wildman–Crippen LogP) is -2.12. The van der Waals surface area contributed by atoms with Gasteiger partial charge in [0.2, 0.25) is 0 Å². The third-order valence-electron chi connectivity index (χ3n) is 2.93. The van der Waals surface area contributed by atoms with E-state index in [4.69, 9.17) is 0 Å². The maximum atomic E-state index is 2.51. The fraction of sp³-hybridized carbons (Fsp3) is 1.00. The molecule has 0 radical (unpaired) electrons. The van der Waals surface area contributed by atoms with Crippen molar-refractivity contribution in [3.63, 3.8) is 0 Å². The van der Waals surface area contributed by atoms with Crippen molar-refractivity contribution in [2.75, 3.05) is 45.8 Å². The Labute approximate surface area is 94.4 Å². The normalized spacial score (nSPS) is 19.7. The first-order valence-corrected chi connectivity index (χ1v) is 5.53. The summed E-state index contributed by atoms with van der Waals surface area (Å²) in [7, 11) is 0. The van der Waals surface area contributed by atoms with Crippen molar-refractivity contribution < 1.29 is 12.4 Å². The summed E-state index contributed by atoms with van der Waals surface area (Å²) in [4.78, 5) is 2.51. The smallest absolute Gasteiger partial charge is 0.0261 e. The van der Waals surface area contributed by atoms with Crippen LogP contribution >= 0.6 is 0 Å². The SMILES string of the molecule is CCN1CCN(N(CC)CC)CC1.[Cl-]. The van der Waals surface area contributed by atoms with Crippen LogP contribution in [0.15, 0.2) is 0 Å². The summed E-state index contributed by atoms with van der Waals surface area (Å²) >= 11 is 0. The first-order valence-electron chi connectivity index (χ1n) is 5.53. The summed E-state index contributed by atoms with van der Waals surface area (Å²) in [6.07, 6.45) is 0. The average Bonchev–Trinajstić information content (AvgIpc) is 2.21. The van der Waals surface area contributed by atoms with Crippen molar-refractivity contribution in [1.29, 1.82) is 0 Å². The Bertz CT molecular complexity index is 131. The van der Waals surface area contributed by atoms with E-state index in [2.05, 4.69) is 35.7 Å². The van der Waals surface area contributed by atoms with Crippen molar-refractivity contribution in [2.45, 2.75) is 20.8 Å². The Kier molecular flexibility index (Phi) is 7.55. The lowest BCUT2D eigenvalue weighted by atomic mass is 10.3. The molecule has 1 aliphatic heterocycles. The maximum absolute atomic E-state index is 2.51. The molecule has 0 unspecified atom stereocenters. The standard InChI is InChI=1S/C10H23N3.ClH/c1-4-11-7-9-13(10-8-11)12(5-2)6-3;/h4-10H2,1-3H3;1H/p-1. The fourth-order valence-electron chi connectivity index (χ4n) is 1.96. The molecule has 0 aromatic rings. The van der Waals surface area contributed by atoms with Gasteiger partial charge in [-0.1, -0.05) is 20.8 Å². The van der Waals surface area contributed by atoms with Crippen LogP contribution in [-0.2, 0) is 0 Å². The molecule has 86 valence electrons. The van der Waals surface area contributed by atoms with E-state index >= 15 is 0 Å². The molecule has 0 spiro atoms. The van der Waals surface area contributed by atoms with Gasteiger partial charge in [0.25, 0.3) is 0 Å². The molecule has 0 aromatic heterocycles. The average molecular weight is 221 g/mol. The molecule has 0 aromatic carbocycles. The van der Waals surface area contributed by atoms with Crippen LogP contribution in [0.3, 0.4) is 0 Å². The second-order valence-corrected chi connectivity index (χ2v) is 3.53. The van der Waals surface area contributed by atoms with E-state index in [1.165, 1.54) is 32.7 Å². The minimum Gasteiger partial charge on any atom is -1.00 e. The van der Waals surface area contributed by atoms with Crippen LogP contribution < -0.4 is 12.4 Å². The molecule has 14 heavy (non-hydrogen) atoms. The topological polar surface area (TPSA) is 9.72 Å². The molecule has 1 aliphatic rings. The van der Waals surface area contributed by atoms with Gasteiger partial charge in [0.1, 0.15) is 0 Å². The quantitative estimate of drug-likeness (QED) is 0.537. The zero-order valence-electron chi connectivity index (χ0n) is 9.67. The minimum absolute atomic E-state index is 0. The Hall–Kier alpha value is 0.170. The number of hydrogen-bond donors (Lipinski definition) is 0.